The van der Waals surface area contributed by atoms with E-state index in [1.807, 2.05) is 0 Å². The van der Waals surface area contributed by atoms with Crippen LogP contribution in [-0.4, -0.2) is 24.8 Å². The van der Waals surface area contributed by atoms with Gasteiger partial charge in [-0.2, -0.15) is 0 Å². The maximum absolute atomic E-state index is 12.9. The highest BCUT2D eigenvalue weighted by Crippen LogP contribution is 2.25. The van der Waals surface area contributed by atoms with E-state index in [0.717, 1.165) is 0 Å². The first-order valence-electron chi connectivity index (χ1n) is 6.29. The van der Waals surface area contributed by atoms with Crippen LogP contribution in [0, 0.1) is 5.82 Å². The second kappa shape index (κ2) is 5.77. The van der Waals surface area contributed by atoms with Gasteiger partial charge in [-0.1, -0.05) is 35.0 Å². The molecule has 7 heteroatoms. The highest BCUT2D eigenvalue weighted by molar-refractivity contribution is 8.06. The number of rotatable bonds is 3. The van der Waals surface area contributed by atoms with Crippen molar-refractivity contribution in [3.05, 3.63) is 40.7 Å². The molecule has 0 saturated heterocycles. The van der Waals surface area contributed by atoms with Crippen molar-refractivity contribution < 1.29 is 17.6 Å². The van der Waals surface area contributed by atoms with Gasteiger partial charge in [0.1, 0.15) is 11.4 Å². The van der Waals surface area contributed by atoms with Crippen molar-refractivity contribution in [2.45, 2.75) is 25.9 Å². The number of hydrogen-bond acceptors (Lipinski definition) is 4. The van der Waals surface area contributed by atoms with E-state index >= 15 is 0 Å². The molecular formula is C14H15ClFNO3S. The lowest BCUT2D eigenvalue weighted by Crippen LogP contribution is -2.23. The van der Waals surface area contributed by atoms with Gasteiger partial charge in [-0.3, -0.25) is 0 Å². The van der Waals surface area contributed by atoms with Crippen LogP contribution in [0.1, 0.15) is 25.8 Å². The standard InChI is InChI=1S/C14H15ClFNO3S/c1-14(2)9-13(17-20-14)21(18,19)7-3-4-10-5-6-11(16)8-12(10)15/h3-6,8H,7,9H2,1-2H3/b4-3+. The zero-order valence-electron chi connectivity index (χ0n) is 11.6. The minimum Gasteiger partial charge on any atom is -0.389 e. The normalized spacial score (nSPS) is 17.8. The van der Waals surface area contributed by atoms with Gasteiger partial charge >= 0.3 is 0 Å². The van der Waals surface area contributed by atoms with Crippen LogP contribution in [0.15, 0.2) is 29.4 Å². The van der Waals surface area contributed by atoms with Crippen LogP contribution in [0.5, 0.6) is 0 Å². The van der Waals surface area contributed by atoms with Crippen molar-refractivity contribution in [3.8, 4) is 0 Å². The number of nitrogens with zero attached hydrogens (tertiary/aromatic N) is 1. The van der Waals surface area contributed by atoms with Crippen LogP contribution in [0.2, 0.25) is 5.02 Å². The molecule has 0 radical (unpaired) electrons. The third-order valence-electron chi connectivity index (χ3n) is 2.91. The van der Waals surface area contributed by atoms with Crippen molar-refractivity contribution in [1.29, 1.82) is 0 Å². The van der Waals surface area contributed by atoms with Gasteiger partial charge in [0.05, 0.1) is 10.8 Å². The molecule has 0 aromatic heterocycles. The molecule has 0 bridgehead atoms. The number of halogens is 2. The van der Waals surface area contributed by atoms with E-state index in [0.29, 0.717) is 5.56 Å². The van der Waals surface area contributed by atoms with Crippen molar-refractivity contribution >= 4 is 32.6 Å². The van der Waals surface area contributed by atoms with Crippen LogP contribution in [0.4, 0.5) is 4.39 Å². The molecule has 0 unspecified atom stereocenters. The second-order valence-electron chi connectivity index (χ2n) is 5.36. The molecule has 2 rings (SSSR count). The van der Waals surface area contributed by atoms with Crippen LogP contribution in [-0.2, 0) is 14.7 Å². The summed E-state index contributed by atoms with van der Waals surface area (Å²) >= 11 is 5.86. The Labute approximate surface area is 128 Å². The maximum Gasteiger partial charge on any atom is 0.198 e. The van der Waals surface area contributed by atoms with Gasteiger partial charge in [0.15, 0.2) is 14.9 Å². The van der Waals surface area contributed by atoms with Gasteiger partial charge in [-0.25, -0.2) is 12.8 Å². The Bertz CT molecular complexity index is 711. The summed E-state index contributed by atoms with van der Waals surface area (Å²) < 4.78 is 37.1. The fourth-order valence-corrected chi connectivity index (χ4v) is 3.30. The van der Waals surface area contributed by atoms with Gasteiger partial charge in [0.2, 0.25) is 0 Å². The summed E-state index contributed by atoms with van der Waals surface area (Å²) in [4.78, 5) is 5.06. The highest BCUT2D eigenvalue weighted by Gasteiger charge is 2.35. The molecule has 21 heavy (non-hydrogen) atoms. The second-order valence-corrected chi connectivity index (χ2v) is 7.80. The molecule has 114 valence electrons. The zero-order valence-corrected chi connectivity index (χ0v) is 13.2. The van der Waals surface area contributed by atoms with E-state index in [1.165, 1.54) is 24.3 Å². The van der Waals surface area contributed by atoms with Crippen molar-refractivity contribution in [1.82, 2.24) is 0 Å². The SMILES string of the molecule is CC1(C)CC(S(=O)(=O)C/C=C/c2ccc(F)cc2Cl)=NO1. The minimum atomic E-state index is -3.50. The third-order valence-corrected chi connectivity index (χ3v) is 4.80. The van der Waals surface area contributed by atoms with Gasteiger partial charge in [0.25, 0.3) is 0 Å². The Morgan fingerprint density at radius 1 is 1.48 bits per heavy atom. The van der Waals surface area contributed by atoms with E-state index in [-0.39, 0.29) is 22.2 Å². The van der Waals surface area contributed by atoms with Crippen LogP contribution < -0.4 is 0 Å². The topological polar surface area (TPSA) is 55.7 Å². The number of hydrogen-bond donors (Lipinski definition) is 0. The predicted molar refractivity (Wildman–Crippen MR) is 81.4 cm³/mol. The fraction of sp³-hybridized carbons (Fsp3) is 0.357. The summed E-state index contributed by atoms with van der Waals surface area (Å²) in [5, 5.41) is 3.91. The van der Waals surface area contributed by atoms with E-state index in [2.05, 4.69) is 5.16 Å². The van der Waals surface area contributed by atoms with E-state index < -0.39 is 21.3 Å². The lowest BCUT2D eigenvalue weighted by Gasteiger charge is -2.12. The molecule has 1 aliphatic heterocycles. The minimum absolute atomic E-state index is 0.0438. The van der Waals surface area contributed by atoms with Crippen molar-refractivity contribution in [2.75, 3.05) is 5.75 Å². The van der Waals surface area contributed by atoms with Gasteiger partial charge in [-0.05, 0) is 31.5 Å². The Kier molecular flexibility index (Phi) is 4.39. The molecule has 0 atom stereocenters. The molecule has 0 aliphatic carbocycles. The first-order chi connectivity index (χ1) is 9.70. The summed E-state index contributed by atoms with van der Waals surface area (Å²) in [6.45, 7) is 3.54. The highest BCUT2D eigenvalue weighted by atomic mass is 35.5. The fourth-order valence-electron chi connectivity index (χ4n) is 1.80. The summed E-state index contributed by atoms with van der Waals surface area (Å²) in [6, 6.07) is 3.92. The summed E-state index contributed by atoms with van der Waals surface area (Å²) in [5.74, 6) is -0.650. The monoisotopic (exact) mass is 331 g/mol. The number of benzene rings is 1. The molecule has 4 nitrogen and oxygen atoms in total. The first kappa shape index (κ1) is 16.0. The molecule has 0 spiro atoms. The molecule has 1 aromatic rings. The quantitative estimate of drug-likeness (QED) is 0.852. The molecule has 0 amide bonds. The van der Waals surface area contributed by atoms with Gasteiger partial charge in [-0.15, -0.1) is 0 Å². The van der Waals surface area contributed by atoms with E-state index in [1.54, 1.807) is 19.9 Å². The first-order valence-corrected chi connectivity index (χ1v) is 8.32. The van der Waals surface area contributed by atoms with E-state index in [9.17, 15) is 12.8 Å². The maximum atomic E-state index is 12.9. The Morgan fingerprint density at radius 2 is 2.19 bits per heavy atom. The third kappa shape index (κ3) is 4.04. The molecule has 1 aromatic carbocycles. The Morgan fingerprint density at radius 3 is 2.76 bits per heavy atom. The van der Waals surface area contributed by atoms with Gasteiger partial charge < -0.3 is 4.84 Å². The Hall–Kier alpha value is -1.40. The molecule has 0 fully saturated rings. The predicted octanol–water partition coefficient (Wildman–Crippen LogP) is 3.42. The zero-order chi connectivity index (χ0) is 15.7. The van der Waals surface area contributed by atoms with Gasteiger partial charge in [0, 0.05) is 6.42 Å². The van der Waals surface area contributed by atoms with Crippen LogP contribution >= 0.6 is 11.6 Å². The van der Waals surface area contributed by atoms with Crippen molar-refractivity contribution in [2.24, 2.45) is 5.16 Å². The average molecular weight is 332 g/mol. The smallest absolute Gasteiger partial charge is 0.198 e. The van der Waals surface area contributed by atoms with E-state index in [4.69, 9.17) is 16.4 Å². The summed E-state index contributed by atoms with van der Waals surface area (Å²) in [6.07, 6.45) is 3.25. The molecule has 0 N–H and O–H groups in total. The van der Waals surface area contributed by atoms with Crippen molar-refractivity contribution in [3.63, 3.8) is 0 Å². The number of sulfone groups is 1. The molecule has 1 heterocycles. The van der Waals surface area contributed by atoms with Crippen LogP contribution in [0.3, 0.4) is 0 Å². The number of oxime groups is 1. The Balaban J connectivity index is 2.07. The average Bonchev–Trinajstić information content (AvgIpc) is 2.73. The summed E-state index contributed by atoms with van der Waals surface area (Å²) in [5.41, 5.74) is -0.0370. The molecular weight excluding hydrogens is 317 g/mol. The lowest BCUT2D eigenvalue weighted by molar-refractivity contribution is 0.0123. The molecule has 1 aliphatic rings. The van der Waals surface area contributed by atoms with Crippen LogP contribution in [0.25, 0.3) is 6.08 Å². The molecule has 0 saturated carbocycles. The largest absolute Gasteiger partial charge is 0.389 e. The lowest BCUT2D eigenvalue weighted by atomic mass is 10.1. The summed E-state index contributed by atoms with van der Waals surface area (Å²) in [7, 11) is -3.50.